The third-order valence-corrected chi connectivity index (χ3v) is 4.24. The second-order valence-electron chi connectivity index (χ2n) is 6.50. The van der Waals surface area contributed by atoms with Gasteiger partial charge in [-0.25, -0.2) is 24.3 Å². The summed E-state index contributed by atoms with van der Waals surface area (Å²) in [6.07, 6.45) is 3.67. The van der Waals surface area contributed by atoms with Crippen LogP contribution in [0.2, 0.25) is 0 Å². The van der Waals surface area contributed by atoms with E-state index in [0.29, 0.717) is 22.5 Å². The Morgan fingerprint density at radius 1 is 1.03 bits per heavy atom. The maximum atomic E-state index is 12.2. The minimum Gasteiger partial charge on any atom is -0.368 e. The number of nitrogens with one attached hydrogen (secondary N) is 2. The molecule has 3 heterocycles. The zero-order valence-corrected chi connectivity index (χ0v) is 15.8. The van der Waals surface area contributed by atoms with Crippen molar-refractivity contribution in [3.05, 3.63) is 55.2 Å². The van der Waals surface area contributed by atoms with E-state index >= 15 is 0 Å². The maximum absolute atomic E-state index is 12.2. The minimum atomic E-state index is -4.49. The Morgan fingerprint density at radius 3 is 2.52 bits per heavy atom. The van der Waals surface area contributed by atoms with Crippen molar-refractivity contribution in [2.24, 2.45) is 0 Å². The molecular weight excluding hydrogens is 413 g/mol. The van der Waals surface area contributed by atoms with Gasteiger partial charge in [0.15, 0.2) is 5.65 Å². The molecule has 3 aromatic heterocycles. The highest BCUT2D eigenvalue weighted by atomic mass is 19.4. The van der Waals surface area contributed by atoms with Gasteiger partial charge in [0.25, 0.3) is 0 Å². The Hall–Kier alpha value is -4.22. The number of nitrogens with zero attached hydrogens (tertiary/aromatic N) is 5. The summed E-state index contributed by atoms with van der Waals surface area (Å²) in [6.45, 7) is -1.42. The third kappa shape index (κ3) is 4.69. The van der Waals surface area contributed by atoms with E-state index in [0.717, 1.165) is 11.1 Å². The third-order valence-electron chi connectivity index (χ3n) is 4.24. The Morgan fingerprint density at radius 2 is 1.77 bits per heavy atom. The zero-order valence-electron chi connectivity index (χ0n) is 15.8. The molecule has 0 radical (unpaired) electrons. The number of nitrogen functional groups attached to an aromatic ring is 1. The Kier molecular flexibility index (Phi) is 5.11. The van der Waals surface area contributed by atoms with Crippen LogP contribution in [0.15, 0.2) is 55.2 Å². The lowest BCUT2D eigenvalue weighted by atomic mass is 10.1. The molecule has 0 saturated carbocycles. The molecule has 4 N–H and O–H groups in total. The van der Waals surface area contributed by atoms with Gasteiger partial charge in [-0.15, -0.1) is 0 Å². The largest absolute Gasteiger partial charge is 0.405 e. The number of amides is 2. The number of rotatable bonds is 4. The van der Waals surface area contributed by atoms with Gasteiger partial charge in [-0.05, 0) is 17.7 Å². The van der Waals surface area contributed by atoms with Crippen LogP contribution in [0, 0.1) is 0 Å². The van der Waals surface area contributed by atoms with Crippen molar-refractivity contribution < 1.29 is 18.0 Å². The van der Waals surface area contributed by atoms with Crippen molar-refractivity contribution in [3.63, 3.8) is 0 Å². The van der Waals surface area contributed by atoms with Gasteiger partial charge >= 0.3 is 12.2 Å². The van der Waals surface area contributed by atoms with Crippen LogP contribution < -0.4 is 16.4 Å². The van der Waals surface area contributed by atoms with Gasteiger partial charge in [-0.3, -0.25) is 0 Å². The Bertz CT molecular complexity index is 1240. The number of hydrogen-bond acceptors (Lipinski definition) is 6. The van der Waals surface area contributed by atoms with Crippen LogP contribution in [0.5, 0.6) is 0 Å². The smallest absolute Gasteiger partial charge is 0.368 e. The van der Waals surface area contributed by atoms with Gasteiger partial charge in [-0.1, -0.05) is 12.1 Å². The topological polar surface area (TPSA) is 123 Å². The van der Waals surface area contributed by atoms with E-state index in [1.807, 2.05) is 0 Å². The summed E-state index contributed by atoms with van der Waals surface area (Å²) in [7, 11) is 0. The van der Waals surface area contributed by atoms with Crippen molar-refractivity contribution in [2.45, 2.75) is 6.18 Å². The molecule has 0 spiro atoms. The predicted octanol–water partition coefficient (Wildman–Crippen LogP) is 3.12. The van der Waals surface area contributed by atoms with Crippen LogP contribution in [-0.2, 0) is 0 Å². The fourth-order valence-corrected chi connectivity index (χ4v) is 2.83. The van der Waals surface area contributed by atoms with Crippen LogP contribution in [0.3, 0.4) is 0 Å². The van der Waals surface area contributed by atoms with Gasteiger partial charge in [0, 0.05) is 47.2 Å². The van der Waals surface area contributed by atoms with Crippen LogP contribution in [0.4, 0.5) is 29.6 Å². The molecule has 0 unspecified atom stereocenters. The molecule has 12 heteroatoms. The number of carbonyl (C=O) groups is 1. The molecule has 158 valence electrons. The highest BCUT2D eigenvalue weighted by Gasteiger charge is 2.27. The maximum Gasteiger partial charge on any atom is 0.405 e. The molecule has 9 nitrogen and oxygen atoms in total. The van der Waals surface area contributed by atoms with E-state index in [1.165, 1.54) is 0 Å². The van der Waals surface area contributed by atoms with Gasteiger partial charge < -0.3 is 16.4 Å². The summed E-state index contributed by atoms with van der Waals surface area (Å²) in [4.78, 5) is 24.1. The predicted molar refractivity (Wildman–Crippen MR) is 107 cm³/mol. The van der Waals surface area contributed by atoms with E-state index in [4.69, 9.17) is 5.73 Å². The normalized spacial score (nSPS) is 11.5. The number of halogens is 3. The molecule has 0 saturated heterocycles. The molecule has 0 aliphatic rings. The van der Waals surface area contributed by atoms with Gasteiger partial charge in [0.2, 0.25) is 5.95 Å². The fourth-order valence-electron chi connectivity index (χ4n) is 2.83. The van der Waals surface area contributed by atoms with Crippen molar-refractivity contribution >= 4 is 23.3 Å². The fraction of sp³-hybridized carbons (Fsp3) is 0.105. The number of hydrogen-bond donors (Lipinski definition) is 3. The number of anilines is 2. The first-order chi connectivity index (χ1) is 14.8. The van der Waals surface area contributed by atoms with Crippen molar-refractivity contribution in [1.82, 2.24) is 29.9 Å². The van der Waals surface area contributed by atoms with Crippen LogP contribution in [0.1, 0.15) is 0 Å². The summed E-state index contributed by atoms with van der Waals surface area (Å²) in [5.74, 6) is 0.166. The van der Waals surface area contributed by atoms with Crippen LogP contribution in [-0.4, -0.2) is 43.3 Å². The lowest BCUT2D eigenvalue weighted by molar-refractivity contribution is -0.122. The monoisotopic (exact) mass is 428 g/mol. The number of aromatic nitrogens is 5. The lowest BCUT2D eigenvalue weighted by Crippen LogP contribution is -2.36. The number of carbonyl (C=O) groups excluding carboxylic acids is 1. The van der Waals surface area contributed by atoms with Crippen molar-refractivity contribution in [1.29, 1.82) is 0 Å². The molecule has 4 aromatic rings. The first-order valence-corrected chi connectivity index (χ1v) is 8.92. The van der Waals surface area contributed by atoms with Crippen LogP contribution in [0.25, 0.3) is 27.9 Å². The average Bonchev–Trinajstić information content (AvgIpc) is 3.16. The molecule has 2 amide bonds. The van der Waals surface area contributed by atoms with Crippen LogP contribution >= 0.6 is 0 Å². The molecule has 0 bridgehead atoms. The lowest BCUT2D eigenvalue weighted by Gasteiger charge is -2.10. The van der Waals surface area contributed by atoms with Gasteiger partial charge in [-0.2, -0.15) is 18.3 Å². The van der Waals surface area contributed by atoms with Crippen molar-refractivity contribution in [3.8, 4) is 22.3 Å². The first-order valence-electron chi connectivity index (χ1n) is 8.92. The summed E-state index contributed by atoms with van der Waals surface area (Å²) in [5, 5.41) is 8.45. The molecular formula is C19H15F3N8O. The first kappa shape index (κ1) is 20.1. The second-order valence-corrected chi connectivity index (χ2v) is 6.50. The Labute approximate surface area is 173 Å². The quantitative estimate of drug-likeness (QED) is 0.459. The average molecular weight is 428 g/mol. The number of benzene rings is 1. The van der Waals surface area contributed by atoms with E-state index < -0.39 is 18.8 Å². The SMILES string of the molecule is Nc1ncc(-c2cnc3c(-c4cccc(NC(=O)NCC(F)(F)F)c4)cnn3c2)cn1. The molecule has 0 aliphatic carbocycles. The molecule has 1 aromatic carbocycles. The number of fused-ring (bicyclic) bond motifs is 1. The summed E-state index contributed by atoms with van der Waals surface area (Å²) in [5.41, 5.74) is 9.20. The van der Waals surface area contributed by atoms with E-state index in [1.54, 1.807) is 65.1 Å². The number of urea groups is 1. The second kappa shape index (κ2) is 7.89. The summed E-state index contributed by atoms with van der Waals surface area (Å²) in [6, 6.07) is 5.67. The van der Waals surface area contributed by atoms with Gasteiger partial charge in [0.05, 0.1) is 6.20 Å². The molecule has 0 aliphatic heterocycles. The number of nitrogens with two attached hydrogens (primary N) is 1. The van der Waals surface area contributed by atoms with Crippen molar-refractivity contribution in [2.75, 3.05) is 17.6 Å². The highest BCUT2D eigenvalue weighted by Crippen LogP contribution is 2.27. The minimum absolute atomic E-state index is 0.166. The standard InChI is InChI=1S/C19H15F3N8O/c20-19(21,22)10-27-18(31)29-14-3-1-2-11(4-14)15-8-28-30-9-13(7-24-16(15)30)12-5-25-17(23)26-6-12/h1-9H,10H2,(H2,23,25,26)(H2,27,29,31). The molecule has 0 atom stereocenters. The highest BCUT2D eigenvalue weighted by molar-refractivity contribution is 5.90. The van der Waals surface area contributed by atoms with Gasteiger partial charge in [0.1, 0.15) is 6.54 Å². The molecule has 0 fully saturated rings. The molecule has 31 heavy (non-hydrogen) atoms. The van der Waals surface area contributed by atoms with E-state index in [9.17, 15) is 18.0 Å². The van der Waals surface area contributed by atoms with E-state index in [2.05, 4.69) is 25.4 Å². The molecule has 4 rings (SSSR count). The number of alkyl halides is 3. The summed E-state index contributed by atoms with van der Waals surface area (Å²) >= 11 is 0. The Balaban J connectivity index is 1.57. The zero-order chi connectivity index (χ0) is 22.0. The summed E-state index contributed by atoms with van der Waals surface area (Å²) < 4.78 is 38.3. The van der Waals surface area contributed by atoms with E-state index in [-0.39, 0.29) is 5.95 Å².